The second-order valence-corrected chi connectivity index (χ2v) is 4.78. The van der Waals surface area contributed by atoms with Gasteiger partial charge in [0.05, 0.1) is 12.4 Å². The van der Waals surface area contributed by atoms with E-state index in [4.69, 9.17) is 9.15 Å². The van der Waals surface area contributed by atoms with E-state index in [-0.39, 0.29) is 11.3 Å². The van der Waals surface area contributed by atoms with E-state index in [0.29, 0.717) is 29.0 Å². The van der Waals surface area contributed by atoms with Gasteiger partial charge in [0.1, 0.15) is 11.5 Å². The van der Waals surface area contributed by atoms with Crippen LogP contribution in [-0.2, 0) is 10.5 Å². The molecule has 2 aromatic heterocycles. The summed E-state index contributed by atoms with van der Waals surface area (Å²) >= 11 is 1.26. The van der Waals surface area contributed by atoms with Crippen molar-refractivity contribution in [2.24, 2.45) is 0 Å². The smallest absolute Gasteiger partial charge is 0.374 e. The Kier molecular flexibility index (Phi) is 4.57. The van der Waals surface area contributed by atoms with Gasteiger partial charge in [-0.25, -0.2) is 4.79 Å². The number of aromatic amines is 1. The van der Waals surface area contributed by atoms with E-state index in [9.17, 15) is 9.59 Å². The third-order valence-electron chi connectivity index (χ3n) is 2.33. The maximum absolute atomic E-state index is 11.4. The highest BCUT2D eigenvalue weighted by molar-refractivity contribution is 7.98. The SMILES string of the molecule is CCOC(=O)c1ccc(CSc2nnc(C)c(=O)[nH]2)o1. The number of hydrogen-bond donors (Lipinski definition) is 1. The monoisotopic (exact) mass is 295 g/mol. The number of esters is 1. The number of carbonyl (C=O) groups is 1. The third-order valence-corrected chi connectivity index (χ3v) is 3.22. The molecular weight excluding hydrogens is 282 g/mol. The van der Waals surface area contributed by atoms with Gasteiger partial charge in [0, 0.05) is 0 Å². The number of H-pyrrole nitrogens is 1. The number of ether oxygens (including phenoxy) is 1. The third kappa shape index (κ3) is 3.47. The van der Waals surface area contributed by atoms with Crippen LogP contribution in [0.5, 0.6) is 0 Å². The van der Waals surface area contributed by atoms with Crippen molar-refractivity contribution >= 4 is 17.7 Å². The number of nitrogens with zero attached hydrogens (tertiary/aromatic N) is 2. The van der Waals surface area contributed by atoms with Crippen molar-refractivity contribution in [1.82, 2.24) is 15.2 Å². The summed E-state index contributed by atoms with van der Waals surface area (Å²) in [5, 5.41) is 7.98. The van der Waals surface area contributed by atoms with Gasteiger partial charge in [0.25, 0.3) is 5.56 Å². The van der Waals surface area contributed by atoms with Gasteiger partial charge in [-0.1, -0.05) is 11.8 Å². The van der Waals surface area contributed by atoms with Crippen molar-refractivity contribution in [3.05, 3.63) is 39.7 Å². The molecule has 20 heavy (non-hydrogen) atoms. The number of carbonyl (C=O) groups excluding carboxylic acids is 1. The van der Waals surface area contributed by atoms with Gasteiger partial charge in [-0.2, -0.15) is 0 Å². The maximum Gasteiger partial charge on any atom is 0.374 e. The van der Waals surface area contributed by atoms with Crippen LogP contribution in [0.3, 0.4) is 0 Å². The molecule has 1 N–H and O–H groups in total. The van der Waals surface area contributed by atoms with E-state index in [0.717, 1.165) is 0 Å². The number of furan rings is 1. The minimum atomic E-state index is -0.493. The summed E-state index contributed by atoms with van der Waals surface area (Å²) in [5.41, 5.74) is 0.0473. The Morgan fingerprint density at radius 3 is 2.95 bits per heavy atom. The van der Waals surface area contributed by atoms with Crippen molar-refractivity contribution < 1.29 is 13.9 Å². The van der Waals surface area contributed by atoms with Gasteiger partial charge in [0.2, 0.25) is 5.76 Å². The van der Waals surface area contributed by atoms with Crippen molar-refractivity contribution in [3.63, 3.8) is 0 Å². The van der Waals surface area contributed by atoms with Crippen molar-refractivity contribution in [3.8, 4) is 0 Å². The first kappa shape index (κ1) is 14.3. The zero-order chi connectivity index (χ0) is 14.5. The van der Waals surface area contributed by atoms with Gasteiger partial charge in [0.15, 0.2) is 5.16 Å². The van der Waals surface area contributed by atoms with Crippen LogP contribution in [0.2, 0.25) is 0 Å². The molecule has 0 atom stereocenters. The fourth-order valence-electron chi connectivity index (χ4n) is 1.35. The molecule has 0 unspecified atom stereocenters. The Morgan fingerprint density at radius 2 is 2.25 bits per heavy atom. The molecule has 0 spiro atoms. The highest BCUT2D eigenvalue weighted by Crippen LogP contribution is 2.19. The van der Waals surface area contributed by atoms with Crippen LogP contribution in [0, 0.1) is 6.92 Å². The molecule has 0 aliphatic heterocycles. The minimum absolute atomic E-state index is 0.158. The summed E-state index contributed by atoms with van der Waals surface area (Å²) in [5.74, 6) is 0.673. The molecule has 7 nitrogen and oxygen atoms in total. The quantitative estimate of drug-likeness (QED) is 0.659. The molecule has 0 aromatic carbocycles. The van der Waals surface area contributed by atoms with Crippen LogP contribution in [0.25, 0.3) is 0 Å². The normalized spacial score (nSPS) is 10.5. The van der Waals surface area contributed by atoms with E-state index in [1.165, 1.54) is 11.8 Å². The van der Waals surface area contributed by atoms with Crippen LogP contribution in [0.1, 0.15) is 28.9 Å². The first-order chi connectivity index (χ1) is 9.60. The molecule has 0 aliphatic rings. The van der Waals surface area contributed by atoms with E-state index in [2.05, 4.69) is 15.2 Å². The molecular formula is C12H13N3O4S. The predicted octanol–water partition coefficient (Wildman–Crippen LogP) is 1.54. The number of rotatable bonds is 5. The number of thioether (sulfide) groups is 1. The molecule has 0 fully saturated rings. The summed E-state index contributed by atoms with van der Waals surface area (Å²) in [4.78, 5) is 25.4. The van der Waals surface area contributed by atoms with Gasteiger partial charge in [-0.15, -0.1) is 10.2 Å². The number of hydrogen-bond acceptors (Lipinski definition) is 7. The Morgan fingerprint density at radius 1 is 1.45 bits per heavy atom. The van der Waals surface area contributed by atoms with Gasteiger partial charge < -0.3 is 9.15 Å². The molecule has 8 heteroatoms. The van der Waals surface area contributed by atoms with Crippen molar-refractivity contribution in [2.75, 3.05) is 6.61 Å². The van der Waals surface area contributed by atoms with Crippen LogP contribution < -0.4 is 5.56 Å². The zero-order valence-electron chi connectivity index (χ0n) is 11.0. The molecule has 2 aromatic rings. The Bertz CT molecular complexity index is 665. The predicted molar refractivity (Wildman–Crippen MR) is 71.6 cm³/mol. The molecule has 2 heterocycles. The molecule has 0 saturated heterocycles. The molecule has 0 bridgehead atoms. The molecule has 0 radical (unpaired) electrons. The topological polar surface area (TPSA) is 98.1 Å². The van der Waals surface area contributed by atoms with Gasteiger partial charge in [-0.3, -0.25) is 9.78 Å². The standard InChI is InChI=1S/C12H13N3O4S/c1-3-18-11(17)9-5-4-8(19-9)6-20-12-13-10(16)7(2)14-15-12/h4-5H,3,6H2,1-2H3,(H,13,15,16). The number of nitrogens with one attached hydrogen (secondary N) is 1. The fraction of sp³-hybridized carbons (Fsp3) is 0.333. The summed E-state index contributed by atoms with van der Waals surface area (Å²) in [6.45, 7) is 3.60. The highest BCUT2D eigenvalue weighted by atomic mass is 32.2. The summed E-state index contributed by atoms with van der Waals surface area (Å²) < 4.78 is 10.2. The lowest BCUT2D eigenvalue weighted by Crippen LogP contribution is -2.14. The van der Waals surface area contributed by atoms with E-state index >= 15 is 0 Å². The van der Waals surface area contributed by atoms with Gasteiger partial charge >= 0.3 is 5.97 Å². The lowest BCUT2D eigenvalue weighted by molar-refractivity contribution is 0.0488. The Labute approximate surface area is 118 Å². The molecule has 0 amide bonds. The van der Waals surface area contributed by atoms with Gasteiger partial charge in [-0.05, 0) is 26.0 Å². The fourth-order valence-corrected chi connectivity index (χ4v) is 2.05. The molecule has 0 aliphatic carbocycles. The average molecular weight is 295 g/mol. The zero-order valence-corrected chi connectivity index (χ0v) is 11.8. The second kappa shape index (κ2) is 6.38. The Hall–Kier alpha value is -2.09. The van der Waals surface area contributed by atoms with E-state index in [1.54, 1.807) is 26.0 Å². The van der Waals surface area contributed by atoms with Crippen LogP contribution in [0.4, 0.5) is 0 Å². The first-order valence-electron chi connectivity index (χ1n) is 5.92. The first-order valence-corrected chi connectivity index (χ1v) is 6.91. The summed E-state index contributed by atoms with van der Waals surface area (Å²) in [7, 11) is 0. The lowest BCUT2D eigenvalue weighted by Gasteiger charge is -1.99. The number of aryl methyl sites for hydroxylation is 1. The molecule has 2 rings (SSSR count). The lowest BCUT2D eigenvalue weighted by atomic mass is 10.4. The minimum Gasteiger partial charge on any atom is -0.460 e. The number of aromatic nitrogens is 3. The summed E-state index contributed by atoms with van der Waals surface area (Å²) in [6, 6.07) is 3.23. The van der Waals surface area contributed by atoms with Crippen molar-refractivity contribution in [2.45, 2.75) is 24.8 Å². The van der Waals surface area contributed by atoms with Crippen LogP contribution in [-0.4, -0.2) is 27.8 Å². The Balaban J connectivity index is 1.99. The molecule has 106 valence electrons. The largest absolute Gasteiger partial charge is 0.460 e. The van der Waals surface area contributed by atoms with Crippen molar-refractivity contribution in [1.29, 1.82) is 0 Å². The summed E-state index contributed by atoms with van der Waals surface area (Å²) in [6.07, 6.45) is 0. The highest BCUT2D eigenvalue weighted by Gasteiger charge is 2.12. The van der Waals surface area contributed by atoms with Crippen LogP contribution >= 0.6 is 11.8 Å². The van der Waals surface area contributed by atoms with Crippen LogP contribution in [0.15, 0.2) is 26.5 Å². The van der Waals surface area contributed by atoms with E-state index < -0.39 is 5.97 Å². The maximum atomic E-state index is 11.4. The average Bonchev–Trinajstić information content (AvgIpc) is 2.89. The van der Waals surface area contributed by atoms with E-state index in [1.807, 2.05) is 0 Å². The second-order valence-electron chi connectivity index (χ2n) is 3.82. The molecule has 0 saturated carbocycles.